The third-order valence-corrected chi connectivity index (χ3v) is 4.77. The zero-order valence-corrected chi connectivity index (χ0v) is 11.3. The molecule has 1 heterocycles. The summed E-state index contributed by atoms with van der Waals surface area (Å²) >= 11 is 0. The minimum Gasteiger partial charge on any atom is -0.315 e. The van der Waals surface area contributed by atoms with E-state index in [1.54, 1.807) is 0 Å². The molecule has 94 valence electrons. The van der Waals surface area contributed by atoms with Gasteiger partial charge in [-0.3, -0.25) is 4.90 Å². The normalized spacial score (nSPS) is 30.4. The van der Waals surface area contributed by atoms with Crippen molar-refractivity contribution >= 4 is 0 Å². The fourth-order valence-corrected chi connectivity index (χ4v) is 3.08. The number of rotatable bonds is 5. The summed E-state index contributed by atoms with van der Waals surface area (Å²) in [6.07, 6.45) is 6.92. The van der Waals surface area contributed by atoms with Gasteiger partial charge in [0, 0.05) is 18.6 Å². The Morgan fingerprint density at radius 2 is 2.19 bits per heavy atom. The first-order chi connectivity index (χ1) is 7.67. The molecule has 0 spiro atoms. The lowest BCUT2D eigenvalue weighted by Crippen LogP contribution is -2.52. The third kappa shape index (κ3) is 2.60. The molecule has 1 saturated heterocycles. The SMILES string of the molecule is CCCN(C1CCCNC1)C(C)C1(C)CC1. The smallest absolute Gasteiger partial charge is 0.0224 e. The van der Waals surface area contributed by atoms with Gasteiger partial charge >= 0.3 is 0 Å². The molecule has 1 saturated carbocycles. The topological polar surface area (TPSA) is 15.3 Å². The summed E-state index contributed by atoms with van der Waals surface area (Å²) in [6.45, 7) is 10.9. The number of hydrogen-bond donors (Lipinski definition) is 1. The van der Waals surface area contributed by atoms with Crippen molar-refractivity contribution in [3.8, 4) is 0 Å². The van der Waals surface area contributed by atoms with Gasteiger partial charge in [0.05, 0.1) is 0 Å². The van der Waals surface area contributed by atoms with E-state index in [1.165, 1.54) is 51.7 Å². The highest BCUT2D eigenvalue weighted by Crippen LogP contribution is 2.50. The van der Waals surface area contributed by atoms with Crippen LogP contribution >= 0.6 is 0 Å². The summed E-state index contributed by atoms with van der Waals surface area (Å²) in [4.78, 5) is 2.79. The van der Waals surface area contributed by atoms with Gasteiger partial charge in [0.1, 0.15) is 0 Å². The number of hydrogen-bond acceptors (Lipinski definition) is 2. The van der Waals surface area contributed by atoms with Crippen LogP contribution in [0.3, 0.4) is 0 Å². The van der Waals surface area contributed by atoms with Crippen molar-refractivity contribution in [3.05, 3.63) is 0 Å². The van der Waals surface area contributed by atoms with E-state index in [4.69, 9.17) is 0 Å². The zero-order valence-electron chi connectivity index (χ0n) is 11.3. The van der Waals surface area contributed by atoms with Crippen LogP contribution in [0.5, 0.6) is 0 Å². The van der Waals surface area contributed by atoms with Gasteiger partial charge in [-0.15, -0.1) is 0 Å². The van der Waals surface area contributed by atoms with Crippen LogP contribution < -0.4 is 5.32 Å². The molecule has 16 heavy (non-hydrogen) atoms. The fourth-order valence-electron chi connectivity index (χ4n) is 3.08. The molecule has 1 N–H and O–H groups in total. The van der Waals surface area contributed by atoms with Crippen LogP contribution in [0.4, 0.5) is 0 Å². The van der Waals surface area contributed by atoms with Crippen LogP contribution in [-0.4, -0.2) is 36.6 Å². The van der Waals surface area contributed by atoms with Crippen LogP contribution in [-0.2, 0) is 0 Å². The van der Waals surface area contributed by atoms with Crippen molar-refractivity contribution in [2.45, 2.75) is 65.0 Å². The van der Waals surface area contributed by atoms with Gasteiger partial charge in [-0.1, -0.05) is 13.8 Å². The van der Waals surface area contributed by atoms with Crippen molar-refractivity contribution in [1.29, 1.82) is 0 Å². The monoisotopic (exact) mass is 224 g/mol. The first kappa shape index (κ1) is 12.4. The van der Waals surface area contributed by atoms with E-state index in [1.807, 2.05) is 0 Å². The first-order valence-corrected chi connectivity index (χ1v) is 7.14. The second-order valence-corrected chi connectivity index (χ2v) is 6.07. The standard InChI is InChI=1S/C14H28N2/c1-4-10-16(12(2)14(3)7-8-14)13-6-5-9-15-11-13/h12-13,15H,4-11H2,1-3H3. The molecule has 0 bridgehead atoms. The van der Waals surface area contributed by atoms with Crippen molar-refractivity contribution in [1.82, 2.24) is 10.2 Å². The van der Waals surface area contributed by atoms with E-state index < -0.39 is 0 Å². The molecule has 2 fully saturated rings. The van der Waals surface area contributed by atoms with E-state index >= 15 is 0 Å². The number of nitrogens with zero attached hydrogens (tertiary/aromatic N) is 1. The molecule has 0 amide bonds. The van der Waals surface area contributed by atoms with Crippen LogP contribution in [0.1, 0.15) is 52.9 Å². The minimum atomic E-state index is 0.632. The van der Waals surface area contributed by atoms with Gasteiger partial charge in [0.2, 0.25) is 0 Å². The molecule has 0 aromatic heterocycles. The maximum Gasteiger partial charge on any atom is 0.0224 e. The Hall–Kier alpha value is -0.0800. The lowest BCUT2D eigenvalue weighted by molar-refractivity contribution is 0.0821. The van der Waals surface area contributed by atoms with Crippen LogP contribution in [0.15, 0.2) is 0 Å². The molecule has 2 rings (SSSR count). The number of piperidine rings is 1. The first-order valence-electron chi connectivity index (χ1n) is 7.14. The van der Waals surface area contributed by atoms with E-state index in [2.05, 4.69) is 31.0 Å². The molecule has 1 aliphatic carbocycles. The maximum atomic E-state index is 3.56. The highest BCUT2D eigenvalue weighted by atomic mass is 15.2. The van der Waals surface area contributed by atoms with E-state index in [-0.39, 0.29) is 0 Å². The highest BCUT2D eigenvalue weighted by molar-refractivity contribution is 4.99. The summed E-state index contributed by atoms with van der Waals surface area (Å²) in [5, 5.41) is 3.56. The molecule has 2 nitrogen and oxygen atoms in total. The summed E-state index contributed by atoms with van der Waals surface area (Å²) in [7, 11) is 0. The maximum absolute atomic E-state index is 3.56. The molecule has 0 radical (unpaired) electrons. The largest absolute Gasteiger partial charge is 0.315 e. The fraction of sp³-hybridized carbons (Fsp3) is 1.00. The minimum absolute atomic E-state index is 0.632. The Morgan fingerprint density at radius 3 is 2.69 bits per heavy atom. The second kappa shape index (κ2) is 5.05. The van der Waals surface area contributed by atoms with Gasteiger partial charge < -0.3 is 5.32 Å². The molecular formula is C14H28N2. The predicted molar refractivity (Wildman–Crippen MR) is 69.7 cm³/mol. The summed E-state index contributed by atoms with van der Waals surface area (Å²) in [5.41, 5.74) is 0.632. The molecule has 0 aromatic carbocycles. The Labute approximate surface area is 101 Å². The quantitative estimate of drug-likeness (QED) is 0.772. The summed E-state index contributed by atoms with van der Waals surface area (Å²) in [5.74, 6) is 0. The Bertz CT molecular complexity index is 217. The van der Waals surface area contributed by atoms with Gasteiger partial charge in [-0.05, 0) is 57.5 Å². The van der Waals surface area contributed by atoms with Crippen molar-refractivity contribution in [2.75, 3.05) is 19.6 Å². The Balaban J connectivity index is 1.97. The third-order valence-electron chi connectivity index (χ3n) is 4.77. The lowest BCUT2D eigenvalue weighted by Gasteiger charge is -2.41. The van der Waals surface area contributed by atoms with Crippen LogP contribution in [0.25, 0.3) is 0 Å². The van der Waals surface area contributed by atoms with Crippen molar-refractivity contribution in [2.24, 2.45) is 5.41 Å². The lowest BCUT2D eigenvalue weighted by atomic mass is 9.95. The van der Waals surface area contributed by atoms with E-state index in [9.17, 15) is 0 Å². The Kier molecular flexibility index (Phi) is 3.91. The summed E-state index contributed by atoms with van der Waals surface area (Å²) < 4.78 is 0. The van der Waals surface area contributed by atoms with Crippen LogP contribution in [0, 0.1) is 5.41 Å². The van der Waals surface area contributed by atoms with Crippen LogP contribution in [0.2, 0.25) is 0 Å². The predicted octanol–water partition coefficient (Wildman–Crippen LogP) is 2.64. The molecule has 2 atom stereocenters. The molecule has 2 unspecified atom stereocenters. The van der Waals surface area contributed by atoms with Gasteiger partial charge in [0.25, 0.3) is 0 Å². The second-order valence-electron chi connectivity index (χ2n) is 6.07. The van der Waals surface area contributed by atoms with E-state index in [0.29, 0.717) is 5.41 Å². The average Bonchev–Trinajstić information content (AvgIpc) is 3.06. The molecule has 1 aliphatic heterocycles. The molecule has 2 heteroatoms. The molecule has 2 aliphatic rings. The van der Waals surface area contributed by atoms with Gasteiger partial charge in [-0.25, -0.2) is 0 Å². The van der Waals surface area contributed by atoms with Crippen molar-refractivity contribution < 1.29 is 0 Å². The average molecular weight is 224 g/mol. The van der Waals surface area contributed by atoms with Gasteiger partial charge in [0.15, 0.2) is 0 Å². The highest BCUT2D eigenvalue weighted by Gasteiger charge is 2.45. The van der Waals surface area contributed by atoms with E-state index in [0.717, 1.165) is 12.1 Å². The Morgan fingerprint density at radius 1 is 1.44 bits per heavy atom. The van der Waals surface area contributed by atoms with Crippen molar-refractivity contribution in [3.63, 3.8) is 0 Å². The molecule has 0 aromatic rings. The summed E-state index contributed by atoms with van der Waals surface area (Å²) in [6, 6.07) is 1.57. The van der Waals surface area contributed by atoms with Gasteiger partial charge in [-0.2, -0.15) is 0 Å². The number of nitrogens with one attached hydrogen (secondary N) is 1. The molecular weight excluding hydrogens is 196 g/mol. The zero-order chi connectivity index (χ0) is 11.6.